The number of anilines is 1. The molecule has 0 saturated heterocycles. The molecule has 0 aromatic heterocycles. The number of aryl methyl sites for hydroxylation is 2. The molecule has 128 valence electrons. The largest absolute Gasteiger partial charge is 0.505 e. The molecule has 3 rings (SSSR count). The van der Waals surface area contributed by atoms with Crippen molar-refractivity contribution in [2.45, 2.75) is 13.8 Å². The van der Waals surface area contributed by atoms with Gasteiger partial charge in [-0.15, -0.1) is 0 Å². The van der Waals surface area contributed by atoms with Crippen LogP contribution in [-0.4, -0.2) is 19.2 Å². The molecule has 3 aromatic carbocycles. The summed E-state index contributed by atoms with van der Waals surface area (Å²) in [6.45, 7) is 4.09. The summed E-state index contributed by atoms with van der Waals surface area (Å²) in [7, 11) is 4.05. The first-order valence-corrected chi connectivity index (χ1v) is 8.24. The van der Waals surface area contributed by atoms with E-state index in [0.717, 1.165) is 33.5 Å². The van der Waals surface area contributed by atoms with Gasteiger partial charge in [0.1, 0.15) is 0 Å². The van der Waals surface area contributed by atoms with Crippen LogP contribution >= 0.6 is 0 Å². The zero-order chi connectivity index (χ0) is 18.1. The lowest BCUT2D eigenvalue weighted by Gasteiger charge is -2.15. The predicted octanol–water partition coefficient (Wildman–Crippen LogP) is 5.55. The Morgan fingerprint density at radius 1 is 0.760 bits per heavy atom. The first-order chi connectivity index (χ1) is 11.9. The van der Waals surface area contributed by atoms with Crippen LogP contribution in [0.25, 0.3) is 22.3 Å². The van der Waals surface area contributed by atoms with E-state index < -0.39 is 5.82 Å². The molecule has 0 aliphatic heterocycles. The predicted molar refractivity (Wildman–Crippen MR) is 103 cm³/mol. The standard InChI is InChI=1S/C22H22FNO/c1-14-12-20(17-7-10-22(25)21(23)13-17)15(2)11-19(14)16-5-8-18(9-6-16)24(3)4/h5-13,25H,1-4H3. The molecule has 0 atom stereocenters. The highest BCUT2D eigenvalue weighted by molar-refractivity contribution is 5.77. The first kappa shape index (κ1) is 17.0. The summed E-state index contributed by atoms with van der Waals surface area (Å²) in [5, 5.41) is 9.39. The Morgan fingerprint density at radius 2 is 1.28 bits per heavy atom. The summed E-state index contributed by atoms with van der Waals surface area (Å²) in [6.07, 6.45) is 0. The lowest BCUT2D eigenvalue weighted by molar-refractivity contribution is 0.432. The number of benzene rings is 3. The smallest absolute Gasteiger partial charge is 0.165 e. The van der Waals surface area contributed by atoms with E-state index in [1.165, 1.54) is 17.7 Å². The van der Waals surface area contributed by atoms with Gasteiger partial charge in [-0.25, -0.2) is 4.39 Å². The molecule has 0 amide bonds. The summed E-state index contributed by atoms with van der Waals surface area (Å²) < 4.78 is 13.7. The van der Waals surface area contributed by atoms with E-state index in [2.05, 4.69) is 48.2 Å². The molecule has 0 saturated carbocycles. The first-order valence-electron chi connectivity index (χ1n) is 8.24. The summed E-state index contributed by atoms with van der Waals surface area (Å²) >= 11 is 0. The third-order valence-electron chi connectivity index (χ3n) is 4.52. The maximum absolute atomic E-state index is 13.7. The van der Waals surface area contributed by atoms with Crippen molar-refractivity contribution < 1.29 is 9.50 Å². The van der Waals surface area contributed by atoms with E-state index in [-0.39, 0.29) is 5.75 Å². The lowest BCUT2D eigenvalue weighted by Crippen LogP contribution is -2.07. The Kier molecular flexibility index (Phi) is 4.49. The average molecular weight is 335 g/mol. The molecule has 1 N–H and O–H groups in total. The van der Waals surface area contributed by atoms with Crippen LogP contribution in [0, 0.1) is 19.7 Å². The van der Waals surface area contributed by atoms with Crippen molar-refractivity contribution in [3.8, 4) is 28.0 Å². The van der Waals surface area contributed by atoms with Gasteiger partial charge in [0.25, 0.3) is 0 Å². The van der Waals surface area contributed by atoms with Crippen molar-refractivity contribution in [1.82, 2.24) is 0 Å². The molecule has 2 nitrogen and oxygen atoms in total. The minimum absolute atomic E-state index is 0.323. The maximum atomic E-state index is 13.7. The molecule has 0 spiro atoms. The third kappa shape index (κ3) is 3.36. The number of rotatable bonds is 3. The van der Waals surface area contributed by atoms with Gasteiger partial charge in [0.05, 0.1) is 0 Å². The summed E-state index contributed by atoms with van der Waals surface area (Å²) in [6, 6.07) is 17.2. The summed E-state index contributed by atoms with van der Waals surface area (Å²) in [5.41, 5.74) is 7.44. The van der Waals surface area contributed by atoms with E-state index in [9.17, 15) is 9.50 Å². The van der Waals surface area contributed by atoms with Crippen molar-refractivity contribution in [3.05, 3.63) is 71.5 Å². The molecule has 0 bridgehead atoms. The van der Waals surface area contributed by atoms with Crippen LogP contribution < -0.4 is 4.90 Å². The highest BCUT2D eigenvalue weighted by Gasteiger charge is 2.10. The lowest BCUT2D eigenvalue weighted by atomic mass is 9.92. The minimum atomic E-state index is -0.599. The third-order valence-corrected chi connectivity index (χ3v) is 4.52. The highest BCUT2D eigenvalue weighted by atomic mass is 19.1. The molecule has 0 radical (unpaired) electrons. The van der Waals surface area contributed by atoms with E-state index in [0.29, 0.717) is 0 Å². The zero-order valence-corrected chi connectivity index (χ0v) is 15.0. The fraction of sp³-hybridized carbons (Fsp3) is 0.182. The van der Waals surface area contributed by atoms with E-state index in [1.807, 2.05) is 21.0 Å². The fourth-order valence-corrected chi connectivity index (χ4v) is 3.05. The molecule has 0 aliphatic rings. The Bertz CT molecular complexity index is 914. The number of nitrogens with zero attached hydrogens (tertiary/aromatic N) is 1. The topological polar surface area (TPSA) is 23.5 Å². The number of phenolic OH excluding ortho intramolecular Hbond substituents is 1. The van der Waals surface area contributed by atoms with Gasteiger partial charge in [0.15, 0.2) is 11.6 Å². The van der Waals surface area contributed by atoms with Gasteiger partial charge in [-0.2, -0.15) is 0 Å². The number of hydrogen-bond acceptors (Lipinski definition) is 2. The van der Waals surface area contributed by atoms with Crippen LogP contribution in [0.3, 0.4) is 0 Å². The van der Waals surface area contributed by atoms with Crippen molar-refractivity contribution in [3.63, 3.8) is 0 Å². The summed E-state index contributed by atoms with van der Waals surface area (Å²) in [4.78, 5) is 2.07. The van der Waals surface area contributed by atoms with Crippen LogP contribution in [0.2, 0.25) is 0 Å². The number of hydrogen-bond donors (Lipinski definition) is 1. The SMILES string of the molecule is Cc1cc(-c2ccc(O)c(F)c2)c(C)cc1-c1ccc(N(C)C)cc1. The van der Waals surface area contributed by atoms with Crippen molar-refractivity contribution in [1.29, 1.82) is 0 Å². The van der Waals surface area contributed by atoms with Gasteiger partial charge in [0.2, 0.25) is 0 Å². The van der Waals surface area contributed by atoms with Crippen LogP contribution in [0.5, 0.6) is 5.75 Å². The second-order valence-corrected chi connectivity index (χ2v) is 6.59. The van der Waals surface area contributed by atoms with E-state index in [4.69, 9.17) is 0 Å². The van der Waals surface area contributed by atoms with Crippen molar-refractivity contribution in [2.24, 2.45) is 0 Å². The average Bonchev–Trinajstić information content (AvgIpc) is 2.59. The molecule has 0 heterocycles. The Morgan fingerprint density at radius 3 is 1.80 bits per heavy atom. The van der Waals surface area contributed by atoms with Crippen LogP contribution in [0.1, 0.15) is 11.1 Å². The Labute approximate surface area is 148 Å². The molecular formula is C22H22FNO. The second-order valence-electron chi connectivity index (χ2n) is 6.59. The van der Waals surface area contributed by atoms with Gasteiger partial charge >= 0.3 is 0 Å². The highest BCUT2D eigenvalue weighted by Crippen LogP contribution is 2.33. The molecule has 3 heteroatoms. The number of halogens is 1. The van der Waals surface area contributed by atoms with Gasteiger partial charge in [0, 0.05) is 19.8 Å². The van der Waals surface area contributed by atoms with Crippen molar-refractivity contribution in [2.75, 3.05) is 19.0 Å². The number of phenols is 1. The summed E-state index contributed by atoms with van der Waals surface area (Å²) in [5.74, 6) is -0.923. The Hall–Kier alpha value is -2.81. The van der Waals surface area contributed by atoms with Crippen LogP contribution in [-0.2, 0) is 0 Å². The molecular weight excluding hydrogens is 313 g/mol. The monoisotopic (exact) mass is 335 g/mol. The van der Waals surface area contributed by atoms with Gasteiger partial charge < -0.3 is 10.0 Å². The Balaban J connectivity index is 2.04. The minimum Gasteiger partial charge on any atom is -0.505 e. The quantitative estimate of drug-likeness (QED) is 0.678. The molecule has 25 heavy (non-hydrogen) atoms. The van der Waals surface area contributed by atoms with Crippen LogP contribution in [0.4, 0.5) is 10.1 Å². The van der Waals surface area contributed by atoms with Gasteiger partial charge in [-0.1, -0.05) is 30.3 Å². The van der Waals surface area contributed by atoms with Crippen LogP contribution in [0.15, 0.2) is 54.6 Å². The van der Waals surface area contributed by atoms with Gasteiger partial charge in [-0.05, 0) is 71.5 Å². The zero-order valence-electron chi connectivity index (χ0n) is 15.0. The molecule has 0 unspecified atom stereocenters. The molecule has 3 aromatic rings. The van der Waals surface area contributed by atoms with E-state index in [1.54, 1.807) is 6.07 Å². The fourth-order valence-electron chi connectivity index (χ4n) is 3.05. The van der Waals surface area contributed by atoms with Crippen molar-refractivity contribution >= 4 is 5.69 Å². The number of aromatic hydroxyl groups is 1. The van der Waals surface area contributed by atoms with E-state index >= 15 is 0 Å². The maximum Gasteiger partial charge on any atom is 0.165 e. The normalized spacial score (nSPS) is 10.8. The molecule has 0 aliphatic carbocycles. The van der Waals surface area contributed by atoms with Gasteiger partial charge in [-0.3, -0.25) is 0 Å². The second kappa shape index (κ2) is 6.60. The molecule has 0 fully saturated rings.